The predicted molar refractivity (Wildman–Crippen MR) is 98.1 cm³/mol. The van der Waals surface area contributed by atoms with Crippen LogP contribution in [-0.4, -0.2) is 27.9 Å². The maximum atomic E-state index is 11.7. The van der Waals surface area contributed by atoms with Crippen molar-refractivity contribution in [2.75, 3.05) is 6.61 Å². The first-order chi connectivity index (χ1) is 12.0. The summed E-state index contributed by atoms with van der Waals surface area (Å²) < 4.78 is 5.61. The summed E-state index contributed by atoms with van der Waals surface area (Å²) >= 11 is 7.18. The third-order valence-electron chi connectivity index (χ3n) is 3.97. The minimum Gasteiger partial charge on any atom is -0.491 e. The van der Waals surface area contributed by atoms with Crippen LogP contribution in [0.25, 0.3) is 0 Å². The number of hydrogen-bond acceptors (Lipinski definition) is 5. The van der Waals surface area contributed by atoms with Crippen molar-refractivity contribution in [2.24, 2.45) is 0 Å². The number of aliphatic hydroxyl groups excluding tert-OH is 1. The third-order valence-corrected chi connectivity index (χ3v) is 5.43. The van der Waals surface area contributed by atoms with E-state index in [4.69, 9.17) is 16.3 Å². The molecule has 3 rings (SSSR count). The van der Waals surface area contributed by atoms with E-state index in [0.717, 1.165) is 17.3 Å². The highest BCUT2D eigenvalue weighted by molar-refractivity contribution is 8.15. The van der Waals surface area contributed by atoms with Crippen LogP contribution >= 0.6 is 23.4 Å². The van der Waals surface area contributed by atoms with Crippen LogP contribution in [0.4, 0.5) is 0 Å². The first kappa shape index (κ1) is 18.0. The minimum absolute atomic E-state index is 0.00168. The Balaban J connectivity index is 1.55. The summed E-state index contributed by atoms with van der Waals surface area (Å²) in [6, 6.07) is 14.4. The Morgan fingerprint density at radius 3 is 2.52 bits per heavy atom. The number of benzene rings is 2. The molecule has 1 saturated heterocycles. The number of aliphatic hydroxyl groups is 1. The fraction of sp³-hybridized carbons (Fsp3) is 0.263. The zero-order chi connectivity index (χ0) is 17.8. The summed E-state index contributed by atoms with van der Waals surface area (Å²) in [5.41, 5.74) is 1.60. The van der Waals surface area contributed by atoms with Gasteiger partial charge in [-0.3, -0.25) is 9.59 Å². The zero-order valence-electron chi connectivity index (χ0n) is 13.4. The van der Waals surface area contributed by atoms with E-state index in [1.54, 1.807) is 30.3 Å². The summed E-state index contributed by atoms with van der Waals surface area (Å²) in [6.45, 7) is 0.0918. The molecule has 1 N–H and O–H groups in total. The van der Waals surface area contributed by atoms with E-state index in [9.17, 15) is 14.7 Å². The van der Waals surface area contributed by atoms with E-state index in [1.807, 2.05) is 18.2 Å². The first-order valence-electron chi connectivity index (χ1n) is 7.89. The monoisotopic (exact) mass is 376 g/mol. The SMILES string of the molecule is O=C1CC(=O)C(Cc2ccc(OC[C@H](O)c3ccccc3Cl)cc2)S1. The maximum absolute atomic E-state index is 11.7. The zero-order valence-corrected chi connectivity index (χ0v) is 14.9. The molecule has 1 unspecified atom stereocenters. The van der Waals surface area contributed by atoms with Crippen molar-refractivity contribution in [2.45, 2.75) is 24.2 Å². The maximum Gasteiger partial charge on any atom is 0.197 e. The van der Waals surface area contributed by atoms with Crippen molar-refractivity contribution < 1.29 is 19.4 Å². The second-order valence-electron chi connectivity index (χ2n) is 5.82. The number of Topliss-reactive ketones (excluding diaryl/α,β-unsaturated/α-hetero) is 1. The van der Waals surface area contributed by atoms with E-state index in [-0.39, 0.29) is 29.2 Å². The van der Waals surface area contributed by atoms with Crippen LogP contribution in [0.15, 0.2) is 48.5 Å². The molecule has 6 heteroatoms. The normalized spacial score (nSPS) is 18.4. The average molecular weight is 377 g/mol. The van der Waals surface area contributed by atoms with Crippen molar-refractivity contribution in [1.29, 1.82) is 0 Å². The van der Waals surface area contributed by atoms with Gasteiger partial charge in [0.15, 0.2) is 10.9 Å². The van der Waals surface area contributed by atoms with Crippen LogP contribution < -0.4 is 4.74 Å². The summed E-state index contributed by atoms with van der Waals surface area (Å²) in [4.78, 5) is 23.0. The number of halogens is 1. The lowest BCUT2D eigenvalue weighted by molar-refractivity contribution is -0.121. The summed E-state index contributed by atoms with van der Waals surface area (Å²) in [7, 11) is 0. The summed E-state index contributed by atoms with van der Waals surface area (Å²) in [6.07, 6.45) is -0.235. The van der Waals surface area contributed by atoms with E-state index in [1.165, 1.54) is 0 Å². The van der Waals surface area contributed by atoms with Crippen LogP contribution in [0.1, 0.15) is 23.7 Å². The molecule has 0 spiro atoms. The van der Waals surface area contributed by atoms with Gasteiger partial charge in [-0.25, -0.2) is 0 Å². The number of carbonyl (C=O) groups is 2. The first-order valence-corrected chi connectivity index (χ1v) is 9.15. The second-order valence-corrected chi connectivity index (χ2v) is 7.49. The number of rotatable bonds is 6. The molecule has 0 radical (unpaired) electrons. The van der Waals surface area contributed by atoms with E-state index in [2.05, 4.69) is 0 Å². The minimum atomic E-state index is -0.813. The smallest absolute Gasteiger partial charge is 0.197 e. The molecule has 1 fully saturated rings. The molecule has 130 valence electrons. The van der Waals surface area contributed by atoms with E-state index >= 15 is 0 Å². The molecule has 0 amide bonds. The molecule has 2 aromatic rings. The lowest BCUT2D eigenvalue weighted by Crippen LogP contribution is -2.13. The Morgan fingerprint density at radius 1 is 1.16 bits per heavy atom. The molecule has 0 saturated carbocycles. The van der Waals surface area contributed by atoms with Gasteiger partial charge >= 0.3 is 0 Å². The summed E-state index contributed by atoms with van der Waals surface area (Å²) in [5, 5.41) is 10.4. The molecular weight excluding hydrogens is 360 g/mol. The summed E-state index contributed by atoms with van der Waals surface area (Å²) in [5.74, 6) is 0.620. The van der Waals surface area contributed by atoms with Gasteiger partial charge in [-0.1, -0.05) is 53.7 Å². The number of ketones is 1. The number of hydrogen-bond donors (Lipinski definition) is 1. The largest absolute Gasteiger partial charge is 0.491 e. The number of thioether (sulfide) groups is 1. The average Bonchev–Trinajstić information content (AvgIpc) is 2.91. The van der Waals surface area contributed by atoms with Crippen molar-refractivity contribution in [3.63, 3.8) is 0 Å². The van der Waals surface area contributed by atoms with Gasteiger partial charge in [0.2, 0.25) is 0 Å². The van der Waals surface area contributed by atoms with E-state index < -0.39 is 6.10 Å². The van der Waals surface area contributed by atoms with Gasteiger partial charge in [0, 0.05) is 10.6 Å². The van der Waals surface area contributed by atoms with Crippen molar-refractivity contribution in [3.05, 3.63) is 64.7 Å². The van der Waals surface area contributed by atoms with Gasteiger partial charge in [-0.2, -0.15) is 0 Å². The van der Waals surface area contributed by atoms with Crippen LogP contribution in [0.2, 0.25) is 5.02 Å². The van der Waals surface area contributed by atoms with Crippen molar-refractivity contribution >= 4 is 34.3 Å². The second kappa shape index (κ2) is 8.04. The third kappa shape index (κ3) is 4.63. The molecule has 1 heterocycles. The lowest BCUT2D eigenvalue weighted by atomic mass is 10.1. The predicted octanol–water partition coefficient (Wildman–Crippen LogP) is 3.60. The highest BCUT2D eigenvalue weighted by Gasteiger charge is 2.31. The van der Waals surface area contributed by atoms with Gasteiger partial charge in [0.25, 0.3) is 0 Å². The van der Waals surface area contributed by atoms with Gasteiger partial charge in [-0.05, 0) is 30.2 Å². The standard InChI is InChI=1S/C19H17ClO4S/c20-15-4-2-1-3-14(15)17(22)11-24-13-7-5-12(6-8-13)9-18-16(21)10-19(23)25-18/h1-8,17-18,22H,9-11H2/t17-,18?/m0/s1. The fourth-order valence-corrected chi connectivity index (χ4v) is 3.92. The molecule has 25 heavy (non-hydrogen) atoms. The van der Waals surface area contributed by atoms with Gasteiger partial charge in [-0.15, -0.1) is 0 Å². The molecule has 1 aliphatic heterocycles. The molecule has 1 aliphatic rings. The molecule has 2 atom stereocenters. The Kier molecular flexibility index (Phi) is 5.78. The van der Waals surface area contributed by atoms with Gasteiger partial charge in [0.1, 0.15) is 18.5 Å². The van der Waals surface area contributed by atoms with Crippen LogP contribution in [0.3, 0.4) is 0 Å². The van der Waals surface area contributed by atoms with Crippen molar-refractivity contribution in [1.82, 2.24) is 0 Å². The van der Waals surface area contributed by atoms with Crippen LogP contribution in [0.5, 0.6) is 5.75 Å². The Hall–Kier alpha value is -1.82. The molecular formula is C19H17ClO4S. The highest BCUT2D eigenvalue weighted by atomic mass is 35.5. The number of ether oxygens (including phenoxy) is 1. The number of carbonyl (C=O) groups excluding carboxylic acids is 2. The van der Waals surface area contributed by atoms with Crippen LogP contribution in [-0.2, 0) is 16.0 Å². The Labute approximate surface area is 155 Å². The molecule has 4 nitrogen and oxygen atoms in total. The van der Waals surface area contributed by atoms with E-state index in [0.29, 0.717) is 22.8 Å². The Bertz CT molecular complexity index is 775. The fourth-order valence-electron chi connectivity index (χ4n) is 2.62. The molecule has 2 aromatic carbocycles. The molecule has 0 aliphatic carbocycles. The topological polar surface area (TPSA) is 63.6 Å². The molecule has 0 aromatic heterocycles. The Morgan fingerprint density at radius 2 is 1.88 bits per heavy atom. The van der Waals surface area contributed by atoms with Crippen molar-refractivity contribution in [3.8, 4) is 5.75 Å². The van der Waals surface area contributed by atoms with Crippen LogP contribution in [0, 0.1) is 0 Å². The van der Waals surface area contributed by atoms with Gasteiger partial charge < -0.3 is 9.84 Å². The molecule has 0 bridgehead atoms. The highest BCUT2D eigenvalue weighted by Crippen LogP contribution is 2.28. The lowest BCUT2D eigenvalue weighted by Gasteiger charge is -2.14. The quantitative estimate of drug-likeness (QED) is 0.780. The van der Waals surface area contributed by atoms with Gasteiger partial charge in [0.05, 0.1) is 11.7 Å².